The lowest BCUT2D eigenvalue weighted by molar-refractivity contribution is 0.311. The number of hydrogen-bond donors (Lipinski definition) is 3. The summed E-state index contributed by atoms with van der Waals surface area (Å²) >= 11 is 0. The summed E-state index contributed by atoms with van der Waals surface area (Å²) in [6, 6.07) is 9.66. The highest BCUT2D eigenvalue weighted by Crippen LogP contribution is 2.08. The Balaban J connectivity index is 0.00000576. The third kappa shape index (κ3) is 12.0. The van der Waals surface area contributed by atoms with Gasteiger partial charge in [0.15, 0.2) is 5.96 Å². The standard InChI is InChI=1S/C16H28N4O3S.HI/c1-16(2,20-24(4,21)22)13-19-15(17-3)18-11-8-12-23-14-9-6-5-7-10-14;/h5-7,9-10,20H,8,11-13H2,1-4H3,(H2,17,18,19);1H. The van der Waals surface area contributed by atoms with Crippen molar-refractivity contribution in [2.45, 2.75) is 25.8 Å². The molecule has 0 aliphatic heterocycles. The zero-order valence-electron chi connectivity index (χ0n) is 15.2. The summed E-state index contributed by atoms with van der Waals surface area (Å²) in [5.74, 6) is 1.48. The molecule has 144 valence electrons. The molecule has 9 heteroatoms. The van der Waals surface area contributed by atoms with Gasteiger partial charge in [0.2, 0.25) is 10.0 Å². The highest BCUT2D eigenvalue weighted by molar-refractivity contribution is 14.0. The second-order valence-corrected chi connectivity index (χ2v) is 7.87. The molecule has 0 amide bonds. The van der Waals surface area contributed by atoms with Crippen LogP contribution in [0.5, 0.6) is 5.75 Å². The van der Waals surface area contributed by atoms with E-state index in [0.717, 1.165) is 18.4 Å². The van der Waals surface area contributed by atoms with Crippen molar-refractivity contribution in [2.75, 3.05) is 33.0 Å². The molecule has 0 bridgehead atoms. The lowest BCUT2D eigenvalue weighted by Crippen LogP contribution is -2.53. The van der Waals surface area contributed by atoms with Gasteiger partial charge in [-0.05, 0) is 32.4 Å². The molecule has 1 aromatic rings. The Kier molecular flexibility index (Phi) is 11.0. The predicted octanol–water partition coefficient (Wildman–Crippen LogP) is 1.57. The van der Waals surface area contributed by atoms with Crippen LogP contribution in [0.2, 0.25) is 0 Å². The maximum absolute atomic E-state index is 11.3. The van der Waals surface area contributed by atoms with Crippen LogP contribution in [0, 0.1) is 0 Å². The Morgan fingerprint density at radius 3 is 2.40 bits per heavy atom. The molecular formula is C16H29IN4O3S. The van der Waals surface area contributed by atoms with Gasteiger partial charge in [0, 0.05) is 25.7 Å². The fourth-order valence-corrected chi connectivity index (χ4v) is 3.12. The van der Waals surface area contributed by atoms with Crippen molar-refractivity contribution in [2.24, 2.45) is 4.99 Å². The molecule has 0 radical (unpaired) electrons. The van der Waals surface area contributed by atoms with Gasteiger partial charge in [0.05, 0.1) is 12.9 Å². The minimum Gasteiger partial charge on any atom is -0.494 e. The fourth-order valence-electron chi connectivity index (χ4n) is 2.05. The van der Waals surface area contributed by atoms with Crippen LogP contribution in [0.4, 0.5) is 0 Å². The average Bonchev–Trinajstić information content (AvgIpc) is 2.48. The van der Waals surface area contributed by atoms with E-state index in [9.17, 15) is 8.42 Å². The first-order valence-corrected chi connectivity index (χ1v) is 9.72. The summed E-state index contributed by atoms with van der Waals surface area (Å²) in [6.45, 7) is 5.34. The first kappa shape index (κ1) is 23.9. The number of aliphatic imine (C=N–C) groups is 1. The van der Waals surface area contributed by atoms with Crippen LogP contribution in [-0.4, -0.2) is 52.9 Å². The van der Waals surface area contributed by atoms with Gasteiger partial charge in [-0.1, -0.05) is 18.2 Å². The summed E-state index contributed by atoms with van der Waals surface area (Å²) in [5, 5.41) is 6.28. The zero-order valence-corrected chi connectivity index (χ0v) is 18.4. The maximum Gasteiger partial charge on any atom is 0.209 e. The second kappa shape index (κ2) is 11.5. The summed E-state index contributed by atoms with van der Waals surface area (Å²) in [7, 11) is -1.58. The van der Waals surface area contributed by atoms with Gasteiger partial charge < -0.3 is 15.4 Å². The van der Waals surface area contributed by atoms with Gasteiger partial charge in [0.1, 0.15) is 5.75 Å². The topological polar surface area (TPSA) is 91.8 Å². The van der Waals surface area contributed by atoms with Gasteiger partial charge >= 0.3 is 0 Å². The van der Waals surface area contributed by atoms with Crippen molar-refractivity contribution in [3.8, 4) is 5.75 Å². The molecule has 1 rings (SSSR count). The Labute approximate surface area is 168 Å². The van der Waals surface area contributed by atoms with Crippen molar-refractivity contribution in [3.05, 3.63) is 30.3 Å². The highest BCUT2D eigenvalue weighted by Gasteiger charge is 2.22. The number of guanidine groups is 1. The summed E-state index contributed by atoms with van der Waals surface area (Å²) in [6.07, 6.45) is 1.97. The van der Waals surface area contributed by atoms with E-state index in [1.807, 2.05) is 44.2 Å². The molecule has 0 aromatic heterocycles. The van der Waals surface area contributed by atoms with Crippen LogP contribution < -0.4 is 20.1 Å². The molecule has 0 saturated carbocycles. The summed E-state index contributed by atoms with van der Waals surface area (Å²) in [5.41, 5.74) is -0.610. The first-order chi connectivity index (χ1) is 11.2. The van der Waals surface area contributed by atoms with Crippen molar-refractivity contribution in [3.63, 3.8) is 0 Å². The van der Waals surface area contributed by atoms with Crippen LogP contribution in [-0.2, 0) is 10.0 Å². The maximum atomic E-state index is 11.3. The van der Waals surface area contributed by atoms with E-state index in [1.54, 1.807) is 7.05 Å². The molecule has 0 aliphatic rings. The van der Waals surface area contributed by atoms with E-state index in [4.69, 9.17) is 4.74 Å². The predicted molar refractivity (Wildman–Crippen MR) is 113 cm³/mol. The summed E-state index contributed by atoms with van der Waals surface area (Å²) < 4.78 is 30.8. The van der Waals surface area contributed by atoms with E-state index in [1.165, 1.54) is 0 Å². The smallest absolute Gasteiger partial charge is 0.209 e. The summed E-state index contributed by atoms with van der Waals surface area (Å²) in [4.78, 5) is 4.12. The number of benzene rings is 1. The number of sulfonamides is 1. The number of ether oxygens (including phenoxy) is 1. The molecule has 25 heavy (non-hydrogen) atoms. The molecular weight excluding hydrogens is 455 g/mol. The van der Waals surface area contributed by atoms with Crippen LogP contribution >= 0.6 is 24.0 Å². The zero-order chi connectivity index (χ0) is 18.1. The van der Waals surface area contributed by atoms with Gasteiger partial charge in [-0.25, -0.2) is 13.1 Å². The SMILES string of the molecule is CN=C(NCCCOc1ccccc1)NCC(C)(C)NS(C)(=O)=O.I. The van der Waals surface area contributed by atoms with Gasteiger partial charge in [0.25, 0.3) is 0 Å². The number of nitrogens with one attached hydrogen (secondary N) is 3. The molecule has 0 atom stereocenters. The molecule has 0 fully saturated rings. The molecule has 0 saturated heterocycles. The quantitative estimate of drug-likeness (QED) is 0.214. The molecule has 0 heterocycles. The van der Waals surface area contributed by atoms with Gasteiger partial charge in [-0.15, -0.1) is 24.0 Å². The molecule has 0 spiro atoms. The third-order valence-electron chi connectivity index (χ3n) is 3.01. The molecule has 7 nitrogen and oxygen atoms in total. The van der Waals surface area contributed by atoms with Crippen LogP contribution in [0.1, 0.15) is 20.3 Å². The second-order valence-electron chi connectivity index (χ2n) is 6.13. The Hall–Kier alpha value is -1.07. The fraction of sp³-hybridized carbons (Fsp3) is 0.562. The molecule has 1 aromatic carbocycles. The molecule has 0 unspecified atom stereocenters. The van der Waals surface area contributed by atoms with Crippen molar-refractivity contribution < 1.29 is 13.2 Å². The number of nitrogens with zero attached hydrogens (tertiary/aromatic N) is 1. The van der Waals surface area contributed by atoms with Gasteiger partial charge in [-0.2, -0.15) is 0 Å². The van der Waals surface area contributed by atoms with Crippen molar-refractivity contribution >= 4 is 40.0 Å². The number of hydrogen-bond acceptors (Lipinski definition) is 4. The van der Waals surface area contributed by atoms with Crippen LogP contribution in [0.3, 0.4) is 0 Å². The van der Waals surface area contributed by atoms with Crippen LogP contribution in [0.25, 0.3) is 0 Å². The average molecular weight is 484 g/mol. The molecule has 3 N–H and O–H groups in total. The Morgan fingerprint density at radius 2 is 1.84 bits per heavy atom. The van der Waals surface area contributed by atoms with E-state index in [-0.39, 0.29) is 24.0 Å². The minimum atomic E-state index is -3.25. The largest absolute Gasteiger partial charge is 0.494 e. The monoisotopic (exact) mass is 484 g/mol. The van der Waals surface area contributed by atoms with E-state index < -0.39 is 15.6 Å². The molecule has 0 aliphatic carbocycles. The van der Waals surface area contributed by atoms with Crippen molar-refractivity contribution in [1.82, 2.24) is 15.4 Å². The van der Waals surface area contributed by atoms with E-state index in [2.05, 4.69) is 20.3 Å². The normalized spacial score (nSPS) is 12.2. The highest BCUT2D eigenvalue weighted by atomic mass is 127. The number of para-hydroxylation sites is 1. The third-order valence-corrected chi connectivity index (χ3v) is 3.93. The minimum absolute atomic E-state index is 0. The Morgan fingerprint density at radius 1 is 1.20 bits per heavy atom. The van der Waals surface area contributed by atoms with Gasteiger partial charge in [-0.3, -0.25) is 4.99 Å². The number of rotatable bonds is 9. The lowest BCUT2D eigenvalue weighted by atomic mass is 10.1. The van der Waals surface area contributed by atoms with Crippen LogP contribution in [0.15, 0.2) is 35.3 Å². The van der Waals surface area contributed by atoms with E-state index >= 15 is 0 Å². The lowest BCUT2D eigenvalue weighted by Gasteiger charge is -2.26. The van der Waals surface area contributed by atoms with Crippen molar-refractivity contribution in [1.29, 1.82) is 0 Å². The first-order valence-electron chi connectivity index (χ1n) is 7.83. The Bertz CT molecular complexity index is 622. The van der Waals surface area contributed by atoms with E-state index in [0.29, 0.717) is 25.7 Å². The number of halogens is 1.